The van der Waals surface area contributed by atoms with E-state index in [1.165, 1.54) is 0 Å². The van der Waals surface area contributed by atoms with Crippen LogP contribution in [0.5, 0.6) is 0 Å². The first-order chi connectivity index (χ1) is 7.52. The van der Waals surface area contributed by atoms with Gasteiger partial charge in [-0.25, -0.2) is 0 Å². The molecule has 1 aliphatic rings. The summed E-state index contributed by atoms with van der Waals surface area (Å²) in [6.07, 6.45) is 2.63. The minimum Gasteiger partial charge on any atom is -0.481 e. The van der Waals surface area contributed by atoms with Gasteiger partial charge in [0.1, 0.15) is 0 Å². The Morgan fingerprint density at radius 1 is 1.56 bits per heavy atom. The fraction of sp³-hybridized carbons (Fsp3) is 0.462. The van der Waals surface area contributed by atoms with Crippen molar-refractivity contribution in [3.05, 3.63) is 34.9 Å². The summed E-state index contributed by atoms with van der Waals surface area (Å²) in [5.74, 6) is -0.376. The van der Waals surface area contributed by atoms with Gasteiger partial charge in [-0.2, -0.15) is 0 Å². The Morgan fingerprint density at radius 2 is 2.25 bits per heavy atom. The van der Waals surface area contributed by atoms with Gasteiger partial charge in [0.15, 0.2) is 0 Å². The van der Waals surface area contributed by atoms with Crippen LogP contribution in [0.25, 0.3) is 0 Å². The van der Waals surface area contributed by atoms with Gasteiger partial charge < -0.3 is 5.11 Å². The second kappa shape index (κ2) is 4.10. The molecule has 0 bridgehead atoms. The molecule has 2 rings (SSSR count). The summed E-state index contributed by atoms with van der Waals surface area (Å²) in [7, 11) is 0. The summed E-state index contributed by atoms with van der Waals surface area (Å²) >= 11 is 5.90. The van der Waals surface area contributed by atoms with Crippen molar-refractivity contribution in [1.29, 1.82) is 0 Å². The molecule has 1 fully saturated rings. The van der Waals surface area contributed by atoms with E-state index in [1.54, 1.807) is 6.07 Å². The van der Waals surface area contributed by atoms with Crippen molar-refractivity contribution < 1.29 is 9.90 Å². The minimum absolute atomic E-state index is 0.323. The van der Waals surface area contributed by atoms with Crippen LogP contribution in [0.15, 0.2) is 24.3 Å². The van der Waals surface area contributed by atoms with Gasteiger partial charge in [0.2, 0.25) is 0 Å². The molecule has 1 N–H and O–H groups in total. The summed E-state index contributed by atoms with van der Waals surface area (Å²) in [6, 6.07) is 7.47. The number of aliphatic carboxylic acids is 1. The third-order valence-corrected chi connectivity index (χ3v) is 3.66. The van der Waals surface area contributed by atoms with E-state index >= 15 is 0 Å². The first-order valence-electron chi connectivity index (χ1n) is 5.50. The summed E-state index contributed by atoms with van der Waals surface area (Å²) in [6.45, 7) is 1.84. The van der Waals surface area contributed by atoms with E-state index in [1.807, 2.05) is 25.1 Å². The van der Waals surface area contributed by atoms with E-state index < -0.39 is 11.4 Å². The van der Waals surface area contributed by atoms with Gasteiger partial charge in [0.25, 0.3) is 0 Å². The van der Waals surface area contributed by atoms with Crippen LogP contribution in [0.1, 0.15) is 25.3 Å². The molecule has 0 aromatic heterocycles. The van der Waals surface area contributed by atoms with Crippen molar-refractivity contribution in [2.75, 3.05) is 0 Å². The van der Waals surface area contributed by atoms with Crippen molar-refractivity contribution in [2.45, 2.75) is 26.2 Å². The van der Waals surface area contributed by atoms with Gasteiger partial charge in [-0.05, 0) is 49.8 Å². The Labute approximate surface area is 100 Å². The lowest BCUT2D eigenvalue weighted by molar-refractivity contribution is -0.149. The number of carboxylic acid groups (broad SMARTS) is 1. The van der Waals surface area contributed by atoms with Crippen molar-refractivity contribution in [3.8, 4) is 0 Å². The smallest absolute Gasteiger partial charge is 0.309 e. The zero-order chi connectivity index (χ0) is 11.8. The van der Waals surface area contributed by atoms with Gasteiger partial charge in [-0.15, -0.1) is 0 Å². The van der Waals surface area contributed by atoms with Gasteiger partial charge in [0, 0.05) is 5.02 Å². The number of carboxylic acids is 1. The molecule has 1 saturated carbocycles. The highest BCUT2D eigenvalue weighted by molar-refractivity contribution is 6.30. The molecule has 86 valence electrons. The maximum Gasteiger partial charge on any atom is 0.309 e. The van der Waals surface area contributed by atoms with E-state index in [0.717, 1.165) is 18.4 Å². The second-order valence-corrected chi connectivity index (χ2v) is 5.24. The maximum atomic E-state index is 11.4. The fourth-order valence-corrected chi connectivity index (χ4v) is 2.40. The molecule has 0 aliphatic heterocycles. The predicted octanol–water partition coefficient (Wildman–Crippen LogP) is 3.38. The quantitative estimate of drug-likeness (QED) is 0.873. The molecule has 0 amide bonds. The highest BCUT2D eigenvalue weighted by atomic mass is 35.5. The molecule has 1 aromatic rings. The third-order valence-electron chi connectivity index (χ3n) is 3.43. The topological polar surface area (TPSA) is 37.3 Å². The molecule has 1 aromatic carbocycles. The molecular weight excluding hydrogens is 224 g/mol. The van der Waals surface area contributed by atoms with Crippen molar-refractivity contribution in [3.63, 3.8) is 0 Å². The van der Waals surface area contributed by atoms with Crippen LogP contribution in [0, 0.1) is 11.3 Å². The Balaban J connectivity index is 2.21. The Morgan fingerprint density at radius 3 is 2.75 bits per heavy atom. The molecule has 16 heavy (non-hydrogen) atoms. The minimum atomic E-state index is -0.699. The number of carbonyl (C=O) groups is 1. The summed E-state index contributed by atoms with van der Waals surface area (Å²) in [5, 5.41) is 10.0. The summed E-state index contributed by atoms with van der Waals surface area (Å²) < 4.78 is 0. The molecule has 2 nitrogen and oxygen atoms in total. The Bertz CT molecular complexity index is 412. The highest BCUT2D eigenvalue weighted by Gasteiger charge is 2.47. The lowest BCUT2D eigenvalue weighted by Gasteiger charge is -2.24. The van der Waals surface area contributed by atoms with Crippen LogP contribution < -0.4 is 0 Å². The standard InChI is InChI=1S/C13H15ClO2/c1-13(12(15)16,10-5-6-10)8-9-3-2-4-11(14)7-9/h2-4,7,10H,5-6,8H2,1H3,(H,15,16). The van der Waals surface area contributed by atoms with E-state index in [9.17, 15) is 9.90 Å². The average Bonchev–Trinajstić information content (AvgIpc) is 3.00. The lowest BCUT2D eigenvalue weighted by Crippen LogP contribution is -2.32. The van der Waals surface area contributed by atoms with E-state index in [0.29, 0.717) is 17.4 Å². The first kappa shape index (κ1) is 11.5. The molecule has 1 unspecified atom stereocenters. The molecular formula is C13H15ClO2. The molecule has 1 aliphatic carbocycles. The predicted molar refractivity (Wildman–Crippen MR) is 63.6 cm³/mol. The molecule has 0 radical (unpaired) electrons. The number of hydrogen-bond donors (Lipinski definition) is 1. The number of rotatable bonds is 4. The van der Waals surface area contributed by atoms with Gasteiger partial charge >= 0.3 is 5.97 Å². The Kier molecular flexibility index (Phi) is 2.94. The Hall–Kier alpha value is -1.02. The van der Waals surface area contributed by atoms with Crippen LogP contribution in [0.3, 0.4) is 0 Å². The second-order valence-electron chi connectivity index (χ2n) is 4.80. The van der Waals surface area contributed by atoms with Crippen LogP contribution in [0.2, 0.25) is 5.02 Å². The third kappa shape index (κ3) is 2.22. The zero-order valence-electron chi connectivity index (χ0n) is 9.24. The van der Waals surface area contributed by atoms with Crippen molar-refractivity contribution in [2.24, 2.45) is 11.3 Å². The van der Waals surface area contributed by atoms with Crippen LogP contribution in [-0.4, -0.2) is 11.1 Å². The van der Waals surface area contributed by atoms with Crippen LogP contribution in [-0.2, 0) is 11.2 Å². The van der Waals surface area contributed by atoms with E-state index in [4.69, 9.17) is 11.6 Å². The molecule has 1 atom stereocenters. The highest BCUT2D eigenvalue weighted by Crippen LogP contribution is 2.47. The van der Waals surface area contributed by atoms with Crippen LogP contribution >= 0.6 is 11.6 Å². The van der Waals surface area contributed by atoms with Gasteiger partial charge in [-0.1, -0.05) is 23.7 Å². The average molecular weight is 239 g/mol. The summed E-state index contributed by atoms with van der Waals surface area (Å²) in [4.78, 5) is 11.4. The van der Waals surface area contributed by atoms with E-state index in [-0.39, 0.29) is 0 Å². The number of hydrogen-bond acceptors (Lipinski definition) is 1. The largest absolute Gasteiger partial charge is 0.481 e. The van der Waals surface area contributed by atoms with Gasteiger partial charge in [-0.3, -0.25) is 4.79 Å². The first-order valence-corrected chi connectivity index (χ1v) is 5.88. The molecule has 0 saturated heterocycles. The normalized spacial score (nSPS) is 19.1. The fourth-order valence-electron chi connectivity index (χ4n) is 2.19. The zero-order valence-corrected chi connectivity index (χ0v) is 10.00. The van der Waals surface area contributed by atoms with Crippen LogP contribution in [0.4, 0.5) is 0 Å². The maximum absolute atomic E-state index is 11.4. The van der Waals surface area contributed by atoms with Crippen molar-refractivity contribution >= 4 is 17.6 Å². The van der Waals surface area contributed by atoms with Gasteiger partial charge in [0.05, 0.1) is 5.41 Å². The molecule has 0 spiro atoms. The SMILES string of the molecule is CC(Cc1cccc(Cl)c1)(C(=O)O)C1CC1. The molecule has 3 heteroatoms. The molecule has 0 heterocycles. The lowest BCUT2D eigenvalue weighted by atomic mass is 9.79. The monoisotopic (exact) mass is 238 g/mol. The number of halogens is 1. The van der Waals surface area contributed by atoms with Crippen molar-refractivity contribution in [1.82, 2.24) is 0 Å². The number of benzene rings is 1. The van der Waals surface area contributed by atoms with E-state index in [2.05, 4.69) is 0 Å². The summed E-state index contributed by atoms with van der Waals surface area (Å²) in [5.41, 5.74) is 0.370.